The van der Waals surface area contributed by atoms with Gasteiger partial charge in [0.1, 0.15) is 6.04 Å². The maximum Gasteiger partial charge on any atom is 0.319 e. The van der Waals surface area contributed by atoms with Crippen molar-refractivity contribution in [3.63, 3.8) is 0 Å². The van der Waals surface area contributed by atoms with E-state index >= 15 is 0 Å². The van der Waals surface area contributed by atoms with Crippen molar-refractivity contribution in [2.75, 3.05) is 12.4 Å². The van der Waals surface area contributed by atoms with E-state index in [0.29, 0.717) is 12.2 Å². The van der Waals surface area contributed by atoms with Gasteiger partial charge in [0.05, 0.1) is 0 Å². The first kappa shape index (κ1) is 16.0. The molecule has 0 aliphatic heterocycles. The fourth-order valence-corrected chi connectivity index (χ4v) is 2.67. The lowest BCUT2D eigenvalue weighted by Crippen LogP contribution is -2.46. The third kappa shape index (κ3) is 4.60. The highest BCUT2D eigenvalue weighted by molar-refractivity contribution is 7.07. The first-order chi connectivity index (χ1) is 10.6. The minimum Gasteiger partial charge on any atom is -0.340 e. The Bertz CT molecular complexity index is 614. The maximum atomic E-state index is 12.2. The summed E-state index contributed by atoms with van der Waals surface area (Å²) in [6.45, 7) is 2.21. The van der Waals surface area contributed by atoms with E-state index in [1.54, 1.807) is 42.3 Å². The molecule has 1 heterocycles. The molecular weight excluding hydrogens is 298 g/mol. The van der Waals surface area contributed by atoms with Gasteiger partial charge in [-0.1, -0.05) is 18.2 Å². The summed E-state index contributed by atoms with van der Waals surface area (Å²) in [5, 5.41) is 9.32. The normalized spacial score (nSPS) is 11.5. The van der Waals surface area contributed by atoms with Crippen LogP contribution in [0.4, 0.5) is 10.5 Å². The number of nitrogens with zero attached hydrogens (tertiary/aromatic N) is 1. The summed E-state index contributed by atoms with van der Waals surface area (Å²) in [6, 6.07) is 10.1. The lowest BCUT2D eigenvalue weighted by molar-refractivity contribution is -0.131. The number of para-hydroxylation sites is 1. The summed E-state index contributed by atoms with van der Waals surface area (Å²) in [6.07, 6.45) is 0. The summed E-state index contributed by atoms with van der Waals surface area (Å²) < 4.78 is 0. The number of anilines is 1. The number of likely N-dealkylation sites (N-methyl/N-ethyl adjacent to an activating group) is 1. The zero-order valence-electron chi connectivity index (χ0n) is 12.6. The van der Waals surface area contributed by atoms with Gasteiger partial charge < -0.3 is 15.5 Å². The van der Waals surface area contributed by atoms with E-state index in [0.717, 1.165) is 5.56 Å². The highest BCUT2D eigenvalue weighted by Gasteiger charge is 2.19. The van der Waals surface area contributed by atoms with Crippen LogP contribution < -0.4 is 10.6 Å². The number of rotatable bonds is 5. The molecular formula is C16H19N3O2S. The molecule has 5 nitrogen and oxygen atoms in total. The molecule has 116 valence electrons. The third-order valence-corrected chi connectivity index (χ3v) is 3.86. The number of thiophene rings is 1. The predicted molar refractivity (Wildman–Crippen MR) is 88.9 cm³/mol. The Balaban J connectivity index is 1.84. The molecule has 3 amide bonds. The maximum absolute atomic E-state index is 12.2. The summed E-state index contributed by atoms with van der Waals surface area (Å²) in [4.78, 5) is 25.7. The van der Waals surface area contributed by atoms with Crippen molar-refractivity contribution in [1.82, 2.24) is 10.2 Å². The topological polar surface area (TPSA) is 61.4 Å². The zero-order chi connectivity index (χ0) is 15.9. The Morgan fingerprint density at radius 3 is 2.59 bits per heavy atom. The molecule has 0 saturated heterocycles. The van der Waals surface area contributed by atoms with Gasteiger partial charge in [-0.3, -0.25) is 4.79 Å². The number of amides is 3. The van der Waals surface area contributed by atoms with Crippen LogP contribution in [0.25, 0.3) is 0 Å². The van der Waals surface area contributed by atoms with Crippen molar-refractivity contribution in [1.29, 1.82) is 0 Å². The summed E-state index contributed by atoms with van der Waals surface area (Å²) in [5.41, 5.74) is 1.77. The number of urea groups is 1. The van der Waals surface area contributed by atoms with Crippen LogP contribution in [0.5, 0.6) is 0 Å². The molecule has 2 N–H and O–H groups in total. The van der Waals surface area contributed by atoms with Crippen molar-refractivity contribution in [3.8, 4) is 0 Å². The van der Waals surface area contributed by atoms with Gasteiger partial charge in [-0.15, -0.1) is 0 Å². The van der Waals surface area contributed by atoms with Gasteiger partial charge in [0.2, 0.25) is 5.91 Å². The van der Waals surface area contributed by atoms with Crippen LogP contribution in [0.15, 0.2) is 47.2 Å². The lowest BCUT2D eigenvalue weighted by Gasteiger charge is -2.22. The van der Waals surface area contributed by atoms with Crippen LogP contribution >= 0.6 is 11.3 Å². The van der Waals surface area contributed by atoms with E-state index in [1.807, 2.05) is 35.0 Å². The first-order valence-corrected chi connectivity index (χ1v) is 7.89. The Kier molecular flexibility index (Phi) is 5.55. The highest BCUT2D eigenvalue weighted by atomic mass is 32.1. The number of hydrogen-bond donors (Lipinski definition) is 2. The second-order valence-corrected chi connectivity index (χ2v) is 5.79. The molecule has 0 fully saturated rings. The molecule has 0 bridgehead atoms. The molecule has 22 heavy (non-hydrogen) atoms. The van der Waals surface area contributed by atoms with E-state index in [-0.39, 0.29) is 5.91 Å². The van der Waals surface area contributed by atoms with Gasteiger partial charge in [-0.05, 0) is 41.4 Å². The molecule has 2 rings (SSSR count). The minimum absolute atomic E-state index is 0.130. The number of carbonyl (C=O) groups is 2. The van der Waals surface area contributed by atoms with Gasteiger partial charge in [-0.2, -0.15) is 11.3 Å². The standard InChI is InChI=1S/C16H19N3O2S/c1-12(15(20)19(2)10-13-8-9-22-11-13)17-16(21)18-14-6-4-3-5-7-14/h3-9,11-12H,10H2,1-2H3,(H2,17,18,21)/t12-/m1/s1. The van der Waals surface area contributed by atoms with Gasteiger partial charge in [0.15, 0.2) is 0 Å². The van der Waals surface area contributed by atoms with E-state index in [4.69, 9.17) is 0 Å². The molecule has 1 aromatic carbocycles. The average Bonchev–Trinajstić information content (AvgIpc) is 3.00. The summed E-state index contributed by atoms with van der Waals surface area (Å²) in [7, 11) is 1.73. The monoisotopic (exact) mass is 317 g/mol. The second-order valence-electron chi connectivity index (χ2n) is 5.01. The van der Waals surface area contributed by atoms with Gasteiger partial charge in [-0.25, -0.2) is 4.79 Å². The van der Waals surface area contributed by atoms with Gasteiger partial charge in [0.25, 0.3) is 0 Å². The SMILES string of the molecule is C[C@@H](NC(=O)Nc1ccccc1)C(=O)N(C)Cc1ccsc1. The molecule has 0 unspecified atom stereocenters. The molecule has 2 aromatic rings. The van der Waals surface area contributed by atoms with E-state index < -0.39 is 12.1 Å². The molecule has 0 saturated carbocycles. The van der Waals surface area contributed by atoms with Crippen LogP contribution in [0.3, 0.4) is 0 Å². The lowest BCUT2D eigenvalue weighted by atomic mass is 10.2. The summed E-state index contributed by atoms with van der Waals surface area (Å²) >= 11 is 1.60. The van der Waals surface area contributed by atoms with E-state index in [1.165, 1.54) is 0 Å². The average molecular weight is 317 g/mol. The first-order valence-electron chi connectivity index (χ1n) is 6.95. The van der Waals surface area contributed by atoms with Gasteiger partial charge >= 0.3 is 6.03 Å². The quantitative estimate of drug-likeness (QED) is 0.890. The molecule has 0 radical (unpaired) electrons. The number of hydrogen-bond acceptors (Lipinski definition) is 3. The van der Waals surface area contributed by atoms with E-state index in [9.17, 15) is 9.59 Å². The van der Waals surface area contributed by atoms with Crippen molar-refractivity contribution in [3.05, 3.63) is 52.7 Å². The van der Waals surface area contributed by atoms with Crippen LogP contribution in [0, 0.1) is 0 Å². The Morgan fingerprint density at radius 2 is 1.95 bits per heavy atom. The van der Waals surface area contributed by atoms with Gasteiger partial charge in [0, 0.05) is 19.3 Å². The fraction of sp³-hybridized carbons (Fsp3) is 0.250. The van der Waals surface area contributed by atoms with Crippen molar-refractivity contribution in [2.24, 2.45) is 0 Å². The van der Waals surface area contributed by atoms with Crippen LogP contribution in [0.1, 0.15) is 12.5 Å². The highest BCUT2D eigenvalue weighted by Crippen LogP contribution is 2.09. The Labute approximate surface area is 134 Å². The second kappa shape index (κ2) is 7.61. The largest absolute Gasteiger partial charge is 0.340 e. The molecule has 1 aromatic heterocycles. The van der Waals surface area contributed by atoms with E-state index in [2.05, 4.69) is 10.6 Å². The third-order valence-electron chi connectivity index (χ3n) is 3.13. The smallest absolute Gasteiger partial charge is 0.319 e. The molecule has 6 heteroatoms. The number of carbonyl (C=O) groups excluding carboxylic acids is 2. The van der Waals surface area contributed by atoms with Crippen LogP contribution in [0.2, 0.25) is 0 Å². The molecule has 0 aliphatic carbocycles. The predicted octanol–water partition coefficient (Wildman–Crippen LogP) is 2.92. The fourth-order valence-electron chi connectivity index (χ4n) is 2.01. The van der Waals surface area contributed by atoms with Crippen molar-refractivity contribution < 1.29 is 9.59 Å². The van der Waals surface area contributed by atoms with Crippen LogP contribution in [-0.4, -0.2) is 29.9 Å². The van der Waals surface area contributed by atoms with Crippen LogP contribution in [-0.2, 0) is 11.3 Å². The zero-order valence-corrected chi connectivity index (χ0v) is 13.4. The molecule has 1 atom stereocenters. The number of benzene rings is 1. The van der Waals surface area contributed by atoms with Crippen molar-refractivity contribution >= 4 is 29.0 Å². The summed E-state index contributed by atoms with van der Waals surface area (Å²) in [5.74, 6) is -0.130. The minimum atomic E-state index is -0.590. The number of nitrogens with one attached hydrogen (secondary N) is 2. The Morgan fingerprint density at radius 1 is 1.23 bits per heavy atom. The molecule has 0 aliphatic rings. The van der Waals surface area contributed by atoms with Crippen molar-refractivity contribution in [2.45, 2.75) is 19.5 Å². The Hall–Kier alpha value is -2.34. The molecule has 0 spiro atoms.